The molecule has 0 atom stereocenters. The zero-order valence-corrected chi connectivity index (χ0v) is 16.0. The summed E-state index contributed by atoms with van der Waals surface area (Å²) < 4.78 is 12.2. The first-order valence-electron chi connectivity index (χ1n) is 8.69. The Kier molecular flexibility index (Phi) is 4.19. The lowest BCUT2D eigenvalue weighted by Crippen LogP contribution is -2.16. The molecule has 2 aromatic heterocycles. The molecule has 0 saturated carbocycles. The van der Waals surface area contributed by atoms with E-state index in [9.17, 15) is 9.59 Å². The zero-order valence-electron chi connectivity index (χ0n) is 15.2. The Labute approximate surface area is 159 Å². The number of hydrogen-bond donors (Lipinski definition) is 0. The van der Waals surface area contributed by atoms with Crippen molar-refractivity contribution in [1.29, 1.82) is 0 Å². The summed E-state index contributed by atoms with van der Waals surface area (Å²) in [6.45, 7) is 6.44. The largest absolute Gasteiger partial charge is 0.423 e. The van der Waals surface area contributed by atoms with Gasteiger partial charge < -0.3 is 8.83 Å². The molecular formula is C21H18ClNO4. The van der Waals surface area contributed by atoms with Crippen molar-refractivity contribution >= 4 is 33.7 Å². The van der Waals surface area contributed by atoms with E-state index in [-0.39, 0.29) is 6.54 Å². The standard InChI is InChI=1S/C21H18ClNO4/c1-11(2)15-9-16-13(7-20(24)26-18(16)6-12(15)3)10-23-17-5-4-14(22)8-19(17)27-21(23)25/h4-9,11H,10H2,1-3H3. The first-order valence-corrected chi connectivity index (χ1v) is 9.07. The monoisotopic (exact) mass is 383 g/mol. The number of fused-ring (bicyclic) bond motifs is 2. The molecule has 0 aliphatic heterocycles. The summed E-state index contributed by atoms with van der Waals surface area (Å²) in [5.74, 6) is -0.168. The molecule has 0 bridgehead atoms. The Bertz CT molecular complexity index is 1290. The van der Waals surface area contributed by atoms with Crippen LogP contribution in [-0.2, 0) is 6.54 Å². The third-order valence-corrected chi connectivity index (χ3v) is 5.03. The molecular weight excluding hydrogens is 366 g/mol. The molecule has 0 aliphatic carbocycles. The van der Waals surface area contributed by atoms with Crippen LogP contribution in [0.5, 0.6) is 0 Å². The van der Waals surface area contributed by atoms with Crippen LogP contribution >= 0.6 is 11.6 Å². The number of halogens is 1. The van der Waals surface area contributed by atoms with Crippen LogP contribution in [0.2, 0.25) is 5.02 Å². The molecule has 0 saturated heterocycles. The summed E-state index contributed by atoms with van der Waals surface area (Å²) in [5, 5.41) is 1.31. The van der Waals surface area contributed by atoms with Gasteiger partial charge in [0.1, 0.15) is 5.58 Å². The van der Waals surface area contributed by atoms with Crippen LogP contribution < -0.4 is 11.4 Å². The van der Waals surface area contributed by atoms with Gasteiger partial charge in [0.05, 0.1) is 12.1 Å². The quantitative estimate of drug-likeness (QED) is 0.475. The predicted octanol–water partition coefficient (Wildman–Crippen LogP) is 4.83. The molecule has 2 aromatic carbocycles. The van der Waals surface area contributed by atoms with Gasteiger partial charge in [0.25, 0.3) is 0 Å². The van der Waals surface area contributed by atoms with Crippen LogP contribution in [0.1, 0.15) is 36.5 Å². The Morgan fingerprint density at radius 3 is 2.56 bits per heavy atom. The molecule has 6 heteroatoms. The molecule has 5 nitrogen and oxygen atoms in total. The number of hydrogen-bond acceptors (Lipinski definition) is 4. The van der Waals surface area contributed by atoms with Gasteiger partial charge in [0, 0.05) is 22.5 Å². The van der Waals surface area contributed by atoms with Gasteiger partial charge in [0.2, 0.25) is 0 Å². The molecule has 4 rings (SSSR count). The van der Waals surface area contributed by atoms with Crippen LogP contribution in [0.25, 0.3) is 22.1 Å². The molecule has 0 aliphatic rings. The van der Waals surface area contributed by atoms with Gasteiger partial charge in [0.15, 0.2) is 5.58 Å². The van der Waals surface area contributed by atoms with Crippen LogP contribution in [0.15, 0.2) is 54.8 Å². The maximum atomic E-state index is 12.4. The van der Waals surface area contributed by atoms with Crippen molar-refractivity contribution in [2.24, 2.45) is 0 Å². The van der Waals surface area contributed by atoms with Crippen molar-refractivity contribution < 1.29 is 8.83 Å². The fourth-order valence-electron chi connectivity index (χ4n) is 3.50. The van der Waals surface area contributed by atoms with Gasteiger partial charge in [-0.05, 0) is 53.8 Å². The zero-order chi connectivity index (χ0) is 19.3. The highest BCUT2D eigenvalue weighted by Gasteiger charge is 2.15. The number of aromatic nitrogens is 1. The minimum Gasteiger partial charge on any atom is -0.423 e. The van der Waals surface area contributed by atoms with Crippen LogP contribution in [-0.4, -0.2) is 4.57 Å². The maximum Gasteiger partial charge on any atom is 0.420 e. The van der Waals surface area contributed by atoms with E-state index in [0.717, 1.165) is 10.9 Å². The summed E-state index contributed by atoms with van der Waals surface area (Å²) in [6, 6.07) is 10.4. The lowest BCUT2D eigenvalue weighted by molar-refractivity contribution is 0.516. The highest BCUT2D eigenvalue weighted by molar-refractivity contribution is 6.31. The lowest BCUT2D eigenvalue weighted by atomic mass is 9.95. The number of benzene rings is 2. The van der Waals surface area contributed by atoms with E-state index < -0.39 is 11.4 Å². The molecule has 0 spiro atoms. The van der Waals surface area contributed by atoms with E-state index in [1.807, 2.05) is 19.1 Å². The summed E-state index contributed by atoms with van der Waals surface area (Å²) in [4.78, 5) is 24.4. The first kappa shape index (κ1) is 17.6. The van der Waals surface area contributed by atoms with Gasteiger partial charge in [-0.1, -0.05) is 25.4 Å². The summed E-state index contributed by atoms with van der Waals surface area (Å²) >= 11 is 5.98. The normalized spacial score (nSPS) is 11.7. The highest BCUT2D eigenvalue weighted by Crippen LogP contribution is 2.28. The molecule has 2 heterocycles. The summed E-state index contributed by atoms with van der Waals surface area (Å²) in [6.07, 6.45) is 0. The predicted molar refractivity (Wildman–Crippen MR) is 106 cm³/mol. The molecule has 27 heavy (non-hydrogen) atoms. The summed E-state index contributed by atoms with van der Waals surface area (Å²) in [5.41, 5.74) is 4.07. The smallest absolute Gasteiger partial charge is 0.420 e. The third-order valence-electron chi connectivity index (χ3n) is 4.80. The number of nitrogens with zero attached hydrogens (tertiary/aromatic N) is 1. The molecule has 138 valence electrons. The minimum atomic E-state index is -0.496. The summed E-state index contributed by atoms with van der Waals surface area (Å²) in [7, 11) is 0. The molecule has 0 radical (unpaired) electrons. The molecule has 0 unspecified atom stereocenters. The van der Waals surface area contributed by atoms with E-state index in [1.165, 1.54) is 16.2 Å². The Balaban J connectivity index is 1.94. The lowest BCUT2D eigenvalue weighted by Gasteiger charge is -2.13. The van der Waals surface area contributed by atoms with Gasteiger partial charge >= 0.3 is 11.4 Å². The molecule has 0 N–H and O–H groups in total. The average molecular weight is 384 g/mol. The highest BCUT2D eigenvalue weighted by atomic mass is 35.5. The molecule has 4 aromatic rings. The Hall–Kier alpha value is -2.79. The number of rotatable bonds is 3. The topological polar surface area (TPSA) is 65.3 Å². The van der Waals surface area contributed by atoms with Crippen molar-refractivity contribution in [3.63, 3.8) is 0 Å². The van der Waals surface area contributed by atoms with Gasteiger partial charge in [-0.25, -0.2) is 9.59 Å². The average Bonchev–Trinajstić information content (AvgIpc) is 2.88. The van der Waals surface area contributed by atoms with E-state index in [0.29, 0.717) is 33.2 Å². The van der Waals surface area contributed by atoms with Crippen LogP contribution in [0, 0.1) is 6.92 Å². The van der Waals surface area contributed by atoms with Crippen LogP contribution in [0.4, 0.5) is 0 Å². The minimum absolute atomic E-state index is 0.205. The van der Waals surface area contributed by atoms with Gasteiger partial charge in [-0.3, -0.25) is 4.57 Å². The Morgan fingerprint density at radius 2 is 1.81 bits per heavy atom. The first-order chi connectivity index (χ1) is 12.8. The second kappa shape index (κ2) is 6.43. The van der Waals surface area contributed by atoms with E-state index >= 15 is 0 Å². The molecule has 0 amide bonds. The fourth-order valence-corrected chi connectivity index (χ4v) is 3.67. The van der Waals surface area contributed by atoms with Crippen molar-refractivity contribution in [3.8, 4) is 0 Å². The van der Waals surface area contributed by atoms with Crippen LogP contribution in [0.3, 0.4) is 0 Å². The van der Waals surface area contributed by atoms with E-state index in [1.54, 1.807) is 18.2 Å². The fraction of sp³-hybridized carbons (Fsp3) is 0.238. The van der Waals surface area contributed by atoms with Gasteiger partial charge in [-0.2, -0.15) is 0 Å². The Morgan fingerprint density at radius 1 is 1.04 bits per heavy atom. The molecule has 0 fully saturated rings. The van der Waals surface area contributed by atoms with E-state index in [4.69, 9.17) is 20.4 Å². The second-order valence-corrected chi connectivity index (χ2v) is 7.45. The number of aryl methyl sites for hydroxylation is 1. The van der Waals surface area contributed by atoms with Crippen molar-refractivity contribution in [2.75, 3.05) is 0 Å². The van der Waals surface area contributed by atoms with Crippen molar-refractivity contribution in [1.82, 2.24) is 4.57 Å². The second-order valence-electron chi connectivity index (χ2n) is 7.02. The van der Waals surface area contributed by atoms with Gasteiger partial charge in [-0.15, -0.1) is 0 Å². The van der Waals surface area contributed by atoms with E-state index in [2.05, 4.69) is 13.8 Å². The number of oxazole rings is 1. The van der Waals surface area contributed by atoms with Crippen molar-refractivity contribution in [3.05, 3.63) is 79.1 Å². The maximum absolute atomic E-state index is 12.4. The third kappa shape index (κ3) is 3.08. The van der Waals surface area contributed by atoms with Crippen molar-refractivity contribution in [2.45, 2.75) is 33.2 Å². The SMILES string of the molecule is Cc1cc2oc(=O)cc(Cn3c(=O)oc4cc(Cl)ccc43)c2cc1C(C)C.